The van der Waals surface area contributed by atoms with Crippen LogP contribution in [0.4, 0.5) is 4.39 Å². The average Bonchev–Trinajstić information content (AvgIpc) is 2.53. The van der Waals surface area contributed by atoms with Crippen LogP contribution in [0.25, 0.3) is 0 Å². The van der Waals surface area contributed by atoms with Gasteiger partial charge in [0.05, 0.1) is 18.1 Å². The van der Waals surface area contributed by atoms with Crippen molar-refractivity contribution in [3.8, 4) is 5.75 Å². The predicted molar refractivity (Wildman–Crippen MR) is 87.0 cm³/mol. The fourth-order valence-electron chi connectivity index (χ4n) is 2.68. The fourth-order valence-corrected chi connectivity index (χ4v) is 4.35. The van der Waals surface area contributed by atoms with Gasteiger partial charge in [0.2, 0.25) is 10.0 Å². The molecule has 6 nitrogen and oxygen atoms in total. The molecule has 9 heteroatoms. The lowest BCUT2D eigenvalue weighted by Gasteiger charge is -2.37. The molecule has 1 aromatic carbocycles. The van der Waals surface area contributed by atoms with Gasteiger partial charge in [0.15, 0.2) is 11.6 Å². The van der Waals surface area contributed by atoms with Crippen LogP contribution in [0, 0.1) is 5.82 Å². The van der Waals surface area contributed by atoms with Gasteiger partial charge < -0.3 is 15.2 Å². The summed E-state index contributed by atoms with van der Waals surface area (Å²) in [5.41, 5.74) is 5.71. The average molecular weight is 369 g/mol. The van der Waals surface area contributed by atoms with E-state index in [9.17, 15) is 12.8 Å². The Morgan fingerprint density at radius 2 is 2.09 bits per heavy atom. The van der Waals surface area contributed by atoms with Crippen molar-refractivity contribution in [2.24, 2.45) is 5.73 Å². The van der Waals surface area contributed by atoms with Crippen molar-refractivity contribution in [3.05, 3.63) is 24.0 Å². The maximum absolute atomic E-state index is 13.8. The summed E-state index contributed by atoms with van der Waals surface area (Å²) in [6.45, 7) is 0.494. The van der Waals surface area contributed by atoms with Crippen LogP contribution in [0.1, 0.15) is 12.8 Å². The van der Waals surface area contributed by atoms with Crippen molar-refractivity contribution in [1.29, 1.82) is 0 Å². The third-order valence-corrected chi connectivity index (χ3v) is 5.90. The van der Waals surface area contributed by atoms with Gasteiger partial charge in [0.25, 0.3) is 0 Å². The van der Waals surface area contributed by atoms with Crippen molar-refractivity contribution in [1.82, 2.24) is 4.31 Å². The quantitative estimate of drug-likeness (QED) is 0.849. The number of piperidine rings is 1. The van der Waals surface area contributed by atoms with Gasteiger partial charge in [-0.05, 0) is 31.0 Å². The molecule has 2 rings (SSSR count). The summed E-state index contributed by atoms with van der Waals surface area (Å²) in [5, 5.41) is 0. The minimum absolute atomic E-state index is 0. The van der Waals surface area contributed by atoms with Crippen LogP contribution in [0.15, 0.2) is 23.1 Å². The second-order valence-electron chi connectivity index (χ2n) is 5.18. The molecule has 0 radical (unpaired) electrons. The Kier molecular flexibility index (Phi) is 7.22. The number of hydrogen-bond acceptors (Lipinski definition) is 5. The van der Waals surface area contributed by atoms with Crippen LogP contribution >= 0.6 is 12.4 Å². The summed E-state index contributed by atoms with van der Waals surface area (Å²) < 4.78 is 50.7. The van der Waals surface area contributed by atoms with Crippen molar-refractivity contribution in [2.45, 2.75) is 29.9 Å². The van der Waals surface area contributed by atoms with E-state index in [1.807, 2.05) is 0 Å². The highest BCUT2D eigenvalue weighted by Gasteiger charge is 2.36. The maximum Gasteiger partial charge on any atom is 0.243 e. The fraction of sp³-hybridized carbons (Fsp3) is 0.571. The van der Waals surface area contributed by atoms with Crippen molar-refractivity contribution >= 4 is 22.4 Å². The third-order valence-electron chi connectivity index (χ3n) is 3.95. The Bertz CT molecular complexity index is 629. The second kappa shape index (κ2) is 8.25. The van der Waals surface area contributed by atoms with Gasteiger partial charge in [-0.3, -0.25) is 0 Å². The van der Waals surface area contributed by atoms with Gasteiger partial charge in [0.1, 0.15) is 0 Å². The summed E-state index contributed by atoms with van der Waals surface area (Å²) in [6.07, 6.45) is 1.11. The lowest BCUT2D eigenvalue weighted by Crippen LogP contribution is -2.51. The number of nitrogens with zero attached hydrogens (tertiary/aromatic N) is 1. The van der Waals surface area contributed by atoms with Gasteiger partial charge in [-0.2, -0.15) is 4.31 Å². The van der Waals surface area contributed by atoms with Gasteiger partial charge >= 0.3 is 0 Å². The Labute approximate surface area is 142 Å². The number of benzene rings is 1. The number of ether oxygens (including phenoxy) is 2. The first-order valence-corrected chi connectivity index (χ1v) is 8.46. The molecule has 0 amide bonds. The Morgan fingerprint density at radius 1 is 1.39 bits per heavy atom. The van der Waals surface area contributed by atoms with Crippen LogP contribution in [0.2, 0.25) is 0 Å². The number of nitrogens with two attached hydrogens (primary N) is 1. The standard InChI is InChI=1S/C14H21FN2O4S.ClH/c1-20-11-5-6-17(10(7-11)9-16)22(18,19)12-3-4-14(21-2)13(15)8-12;/h3-4,8,10-11H,5-7,9,16H2,1-2H3;1H. The molecule has 1 aliphatic heterocycles. The number of hydrogen-bond donors (Lipinski definition) is 1. The lowest BCUT2D eigenvalue weighted by molar-refractivity contribution is 0.0401. The van der Waals surface area contributed by atoms with Crippen molar-refractivity contribution in [2.75, 3.05) is 27.3 Å². The molecule has 2 N–H and O–H groups in total. The highest BCUT2D eigenvalue weighted by atomic mass is 35.5. The van der Waals surface area contributed by atoms with Crippen molar-refractivity contribution in [3.63, 3.8) is 0 Å². The zero-order valence-corrected chi connectivity index (χ0v) is 14.7. The largest absolute Gasteiger partial charge is 0.494 e. The van der Waals surface area contributed by atoms with Gasteiger partial charge in [-0.1, -0.05) is 0 Å². The topological polar surface area (TPSA) is 81.9 Å². The van der Waals surface area contributed by atoms with Crippen LogP contribution < -0.4 is 10.5 Å². The normalized spacial score (nSPS) is 22.4. The predicted octanol–water partition coefficient (Wildman–Crippen LogP) is 1.38. The Morgan fingerprint density at radius 3 is 2.61 bits per heavy atom. The summed E-state index contributed by atoms with van der Waals surface area (Å²) in [7, 11) is -0.876. The molecule has 0 spiro atoms. The highest BCUT2D eigenvalue weighted by Crippen LogP contribution is 2.28. The zero-order chi connectivity index (χ0) is 16.3. The first-order valence-electron chi connectivity index (χ1n) is 7.02. The molecule has 1 saturated heterocycles. The molecule has 1 fully saturated rings. The van der Waals surface area contributed by atoms with Crippen molar-refractivity contribution < 1.29 is 22.3 Å². The minimum Gasteiger partial charge on any atom is -0.494 e. The number of sulfonamides is 1. The molecule has 0 aromatic heterocycles. The summed E-state index contributed by atoms with van der Waals surface area (Å²) in [4.78, 5) is -0.0971. The van der Waals surface area contributed by atoms with E-state index in [-0.39, 0.29) is 41.7 Å². The number of methoxy groups -OCH3 is 2. The van der Waals surface area contributed by atoms with Gasteiger partial charge in [-0.25, -0.2) is 12.8 Å². The molecule has 1 aromatic rings. The Hall–Kier alpha value is -0.930. The SMILES string of the molecule is COc1ccc(S(=O)(=O)N2CCC(OC)CC2CN)cc1F.Cl. The van der Waals surface area contributed by atoms with E-state index in [4.69, 9.17) is 15.2 Å². The first-order chi connectivity index (χ1) is 10.4. The van der Waals surface area contributed by atoms with Crippen LogP contribution in [-0.4, -0.2) is 52.2 Å². The first kappa shape index (κ1) is 20.1. The van der Waals surface area contributed by atoms with Gasteiger partial charge in [-0.15, -0.1) is 12.4 Å². The lowest BCUT2D eigenvalue weighted by atomic mass is 10.0. The van der Waals surface area contributed by atoms with E-state index in [0.717, 1.165) is 6.07 Å². The minimum atomic E-state index is -3.80. The zero-order valence-electron chi connectivity index (χ0n) is 13.1. The third kappa shape index (κ3) is 4.13. The number of halogens is 2. The molecule has 2 atom stereocenters. The molecule has 23 heavy (non-hydrogen) atoms. The van der Waals surface area contributed by atoms with E-state index in [2.05, 4.69) is 0 Å². The number of rotatable bonds is 5. The molecular weight excluding hydrogens is 347 g/mol. The molecule has 1 aliphatic rings. The molecule has 0 bridgehead atoms. The maximum atomic E-state index is 13.8. The van der Waals surface area contributed by atoms with E-state index < -0.39 is 15.8 Å². The molecule has 2 unspecified atom stereocenters. The second-order valence-corrected chi connectivity index (χ2v) is 7.07. The highest BCUT2D eigenvalue weighted by molar-refractivity contribution is 7.89. The van der Waals surface area contributed by atoms with Crippen LogP contribution in [-0.2, 0) is 14.8 Å². The summed E-state index contributed by atoms with van der Waals surface area (Å²) in [5.74, 6) is -0.702. The van der Waals surface area contributed by atoms with E-state index in [1.54, 1.807) is 7.11 Å². The molecule has 132 valence electrons. The Balaban J connectivity index is 0.00000264. The smallest absolute Gasteiger partial charge is 0.243 e. The molecular formula is C14H22ClFN2O4S. The molecule has 0 saturated carbocycles. The molecule has 1 heterocycles. The van der Waals surface area contributed by atoms with E-state index in [0.29, 0.717) is 19.4 Å². The molecule has 0 aliphatic carbocycles. The van der Waals surface area contributed by atoms with Gasteiger partial charge in [0, 0.05) is 26.2 Å². The monoisotopic (exact) mass is 368 g/mol. The van der Waals surface area contributed by atoms with Crippen LogP contribution in [0.3, 0.4) is 0 Å². The summed E-state index contributed by atoms with van der Waals surface area (Å²) in [6, 6.07) is 3.27. The summed E-state index contributed by atoms with van der Waals surface area (Å²) >= 11 is 0. The van der Waals surface area contributed by atoms with E-state index >= 15 is 0 Å². The van der Waals surface area contributed by atoms with Crippen LogP contribution in [0.5, 0.6) is 5.75 Å². The van der Waals surface area contributed by atoms with E-state index in [1.165, 1.54) is 23.5 Å².